The van der Waals surface area contributed by atoms with Gasteiger partial charge in [-0.2, -0.15) is 5.10 Å². The minimum absolute atomic E-state index is 0.0693. The topological polar surface area (TPSA) is 53.7 Å². The number of rotatable bonds is 3. The van der Waals surface area contributed by atoms with E-state index in [2.05, 4.69) is 28.8 Å². The molecule has 1 saturated heterocycles. The van der Waals surface area contributed by atoms with Crippen LogP contribution in [-0.2, 0) is 11.3 Å². The number of piperazine rings is 1. The highest BCUT2D eigenvalue weighted by atomic mass is 32.2. The van der Waals surface area contributed by atoms with Crippen LogP contribution in [0.15, 0.2) is 23.3 Å². The minimum atomic E-state index is 0.0693. The molecule has 1 aromatic rings. The van der Waals surface area contributed by atoms with Crippen molar-refractivity contribution < 1.29 is 4.79 Å². The second-order valence-electron chi connectivity index (χ2n) is 6.68. The summed E-state index contributed by atoms with van der Waals surface area (Å²) in [5.74, 6) is 0.0693. The number of aliphatic imine (C=N–C) groups is 1. The molecule has 1 fully saturated rings. The Balaban J connectivity index is 1.52. The van der Waals surface area contributed by atoms with Gasteiger partial charge in [-0.3, -0.25) is 14.5 Å². The third kappa shape index (κ3) is 3.83. The van der Waals surface area contributed by atoms with Gasteiger partial charge in [0.25, 0.3) is 0 Å². The van der Waals surface area contributed by atoms with Crippen LogP contribution in [0.5, 0.6) is 0 Å². The first kappa shape index (κ1) is 17.1. The number of carbonyl (C=O) groups is 1. The molecule has 130 valence electrons. The van der Waals surface area contributed by atoms with Crippen LogP contribution in [0, 0.1) is 0 Å². The Morgan fingerprint density at radius 3 is 2.71 bits per heavy atom. The van der Waals surface area contributed by atoms with Crippen LogP contribution in [-0.4, -0.2) is 68.1 Å². The first-order valence-corrected chi connectivity index (χ1v) is 9.27. The number of aromatic nitrogens is 2. The van der Waals surface area contributed by atoms with Gasteiger partial charge in [-0.25, -0.2) is 0 Å². The Bertz CT molecular complexity index is 656. The number of carbonyl (C=O) groups excluding carboxylic acids is 1. The van der Waals surface area contributed by atoms with E-state index in [-0.39, 0.29) is 10.7 Å². The van der Waals surface area contributed by atoms with E-state index >= 15 is 0 Å². The van der Waals surface area contributed by atoms with Gasteiger partial charge >= 0.3 is 0 Å². The molecule has 0 bridgehead atoms. The molecule has 0 saturated carbocycles. The molecule has 6 nitrogen and oxygen atoms in total. The summed E-state index contributed by atoms with van der Waals surface area (Å²) in [6.07, 6.45) is 5.27. The molecule has 1 aromatic heterocycles. The fourth-order valence-corrected chi connectivity index (χ4v) is 3.93. The number of amides is 1. The molecule has 3 heterocycles. The number of aryl methyl sites for hydroxylation is 1. The minimum Gasteiger partial charge on any atom is -0.348 e. The smallest absolute Gasteiger partial charge is 0.246 e. The van der Waals surface area contributed by atoms with E-state index in [0.717, 1.165) is 50.1 Å². The quantitative estimate of drug-likeness (QED) is 0.784. The molecule has 0 aromatic carbocycles. The van der Waals surface area contributed by atoms with Gasteiger partial charge in [-0.05, 0) is 32.9 Å². The first-order valence-electron chi connectivity index (χ1n) is 8.46. The first-order chi connectivity index (χ1) is 11.5. The fourth-order valence-electron chi connectivity index (χ4n) is 2.86. The highest BCUT2D eigenvalue weighted by molar-refractivity contribution is 8.15. The third-order valence-corrected chi connectivity index (χ3v) is 5.52. The third-order valence-electron chi connectivity index (χ3n) is 4.27. The van der Waals surface area contributed by atoms with Gasteiger partial charge < -0.3 is 9.80 Å². The van der Waals surface area contributed by atoms with Gasteiger partial charge in [-0.15, -0.1) is 0 Å². The van der Waals surface area contributed by atoms with Crippen LogP contribution in [0.3, 0.4) is 0 Å². The summed E-state index contributed by atoms with van der Waals surface area (Å²) >= 11 is 1.85. The highest BCUT2D eigenvalue weighted by Gasteiger charge is 2.31. The summed E-state index contributed by atoms with van der Waals surface area (Å²) in [5, 5.41) is 5.34. The summed E-state index contributed by atoms with van der Waals surface area (Å²) in [6, 6.07) is 1.92. The van der Waals surface area contributed by atoms with Crippen molar-refractivity contribution >= 4 is 28.9 Å². The Kier molecular flexibility index (Phi) is 4.99. The summed E-state index contributed by atoms with van der Waals surface area (Å²) in [6.45, 7) is 11.4. The predicted molar refractivity (Wildman–Crippen MR) is 99.1 cm³/mol. The monoisotopic (exact) mass is 347 g/mol. The van der Waals surface area contributed by atoms with E-state index < -0.39 is 0 Å². The number of thioether (sulfide) groups is 1. The molecule has 0 unspecified atom stereocenters. The van der Waals surface area contributed by atoms with Crippen molar-refractivity contribution in [3.8, 4) is 0 Å². The normalized spacial score (nSPS) is 20.7. The lowest BCUT2D eigenvalue weighted by atomic mass is 10.2. The van der Waals surface area contributed by atoms with E-state index in [0.29, 0.717) is 0 Å². The number of amidine groups is 1. The molecule has 0 aliphatic carbocycles. The average molecular weight is 347 g/mol. The molecule has 24 heavy (non-hydrogen) atoms. The molecule has 0 atom stereocenters. The molecule has 3 rings (SSSR count). The fraction of sp³-hybridized carbons (Fsp3) is 0.588. The SMILES string of the molecule is CCn1nccc1/C=C/C(=O)N1CCN(C2=NCC(C)(C)S2)CC1. The molecule has 0 radical (unpaired) electrons. The zero-order valence-corrected chi connectivity index (χ0v) is 15.4. The van der Waals surface area contributed by atoms with E-state index in [9.17, 15) is 4.79 Å². The summed E-state index contributed by atoms with van der Waals surface area (Å²) in [7, 11) is 0. The second-order valence-corrected chi connectivity index (χ2v) is 8.35. The lowest BCUT2D eigenvalue weighted by molar-refractivity contribution is -0.127. The standard InChI is InChI=1S/C17H25N5OS/c1-4-22-14(7-8-19-22)5-6-15(23)20-9-11-21(12-10-20)16-18-13-17(2,3)24-16/h5-8H,4,9-13H2,1-3H3/b6-5+. The lowest BCUT2D eigenvalue weighted by Crippen LogP contribution is -2.49. The van der Waals surface area contributed by atoms with E-state index in [1.54, 1.807) is 12.3 Å². The molecule has 2 aliphatic heterocycles. The van der Waals surface area contributed by atoms with Crippen LogP contribution in [0.2, 0.25) is 0 Å². The van der Waals surface area contributed by atoms with Crippen LogP contribution in [0.4, 0.5) is 0 Å². The summed E-state index contributed by atoms with van der Waals surface area (Å²) in [4.78, 5) is 21.2. The number of hydrogen-bond acceptors (Lipinski definition) is 5. The zero-order valence-electron chi connectivity index (χ0n) is 14.6. The van der Waals surface area contributed by atoms with Crippen LogP contribution >= 0.6 is 11.8 Å². The highest BCUT2D eigenvalue weighted by Crippen LogP contribution is 2.33. The van der Waals surface area contributed by atoms with Crippen LogP contribution in [0.1, 0.15) is 26.5 Å². The van der Waals surface area contributed by atoms with Crippen molar-refractivity contribution in [1.29, 1.82) is 0 Å². The Hall–Kier alpha value is -1.76. The Morgan fingerprint density at radius 1 is 1.33 bits per heavy atom. The summed E-state index contributed by atoms with van der Waals surface area (Å²) in [5.41, 5.74) is 0.962. The van der Waals surface area contributed by atoms with Gasteiger partial charge in [-0.1, -0.05) is 11.8 Å². The van der Waals surface area contributed by atoms with Crippen molar-refractivity contribution in [2.45, 2.75) is 32.1 Å². The van der Waals surface area contributed by atoms with Gasteiger partial charge in [0.05, 0.1) is 12.2 Å². The van der Waals surface area contributed by atoms with E-state index in [1.807, 2.05) is 40.4 Å². The molecular weight excluding hydrogens is 322 g/mol. The van der Waals surface area contributed by atoms with Crippen LogP contribution in [0.25, 0.3) is 6.08 Å². The molecule has 2 aliphatic rings. The maximum atomic E-state index is 12.4. The number of hydrogen-bond donors (Lipinski definition) is 0. The zero-order chi connectivity index (χ0) is 17.2. The molecule has 7 heteroatoms. The maximum Gasteiger partial charge on any atom is 0.246 e. The summed E-state index contributed by atoms with van der Waals surface area (Å²) < 4.78 is 2.08. The average Bonchev–Trinajstić information content (AvgIpc) is 3.18. The Labute approximate surface area is 147 Å². The largest absolute Gasteiger partial charge is 0.348 e. The van der Waals surface area contributed by atoms with Gasteiger partial charge in [0.1, 0.15) is 0 Å². The van der Waals surface area contributed by atoms with Crippen molar-refractivity contribution in [1.82, 2.24) is 19.6 Å². The van der Waals surface area contributed by atoms with Crippen molar-refractivity contribution in [3.05, 3.63) is 24.0 Å². The molecule has 0 N–H and O–H groups in total. The van der Waals surface area contributed by atoms with Crippen molar-refractivity contribution in [3.63, 3.8) is 0 Å². The van der Waals surface area contributed by atoms with Gasteiger partial charge in [0.2, 0.25) is 5.91 Å². The predicted octanol–water partition coefficient (Wildman–Crippen LogP) is 1.94. The molecular formula is C17H25N5OS. The van der Waals surface area contributed by atoms with Gasteiger partial charge in [0.15, 0.2) is 5.17 Å². The molecule has 0 spiro atoms. The second kappa shape index (κ2) is 7.01. The maximum absolute atomic E-state index is 12.4. The van der Waals surface area contributed by atoms with Crippen molar-refractivity contribution in [2.24, 2.45) is 4.99 Å². The number of nitrogens with zero attached hydrogens (tertiary/aromatic N) is 5. The lowest BCUT2D eigenvalue weighted by Gasteiger charge is -2.35. The Morgan fingerprint density at radius 2 is 2.08 bits per heavy atom. The van der Waals surface area contributed by atoms with E-state index in [4.69, 9.17) is 0 Å². The van der Waals surface area contributed by atoms with Gasteiger partial charge in [0, 0.05) is 49.7 Å². The van der Waals surface area contributed by atoms with E-state index in [1.165, 1.54) is 0 Å². The van der Waals surface area contributed by atoms with Crippen molar-refractivity contribution in [2.75, 3.05) is 32.7 Å². The van der Waals surface area contributed by atoms with Crippen LogP contribution < -0.4 is 0 Å². The molecule has 1 amide bonds.